The van der Waals surface area contributed by atoms with Crippen LogP contribution in [0, 0.1) is 0 Å². The van der Waals surface area contributed by atoms with Crippen molar-refractivity contribution in [2.24, 2.45) is 4.99 Å². The molecule has 0 saturated carbocycles. The van der Waals surface area contributed by atoms with Crippen LogP contribution < -0.4 is 15.4 Å². The fraction of sp³-hybridized carbons (Fsp3) is 0.179. The summed E-state index contributed by atoms with van der Waals surface area (Å²) in [7, 11) is 1.68. The summed E-state index contributed by atoms with van der Waals surface area (Å²) in [5.74, 6) is 2.88. The van der Waals surface area contributed by atoms with Crippen molar-refractivity contribution in [3.05, 3.63) is 84.4 Å². The standard InChI is InChI=1S/C28H27N5O/c1-4-23-18(2)16-26(30-23)32-27-21-12-8-9-13-24(21)31-28(33-27)29-20-14-15-25(34-3)22(17-20)19-10-6-5-7-11-19/h5-17,23H,4H2,1-3H3,(H2,29,30,31,32,33). The number of hydrogen-bond donors (Lipinski definition) is 2. The number of amidine groups is 1. The quantitative estimate of drug-likeness (QED) is 0.347. The summed E-state index contributed by atoms with van der Waals surface area (Å²) in [4.78, 5) is 14.3. The lowest BCUT2D eigenvalue weighted by Crippen LogP contribution is -2.11. The van der Waals surface area contributed by atoms with Gasteiger partial charge in [-0.1, -0.05) is 49.4 Å². The number of nitrogens with one attached hydrogen (secondary N) is 2. The summed E-state index contributed by atoms with van der Waals surface area (Å²) in [6.45, 7) is 4.26. The molecule has 2 heterocycles. The van der Waals surface area contributed by atoms with Gasteiger partial charge in [-0.25, -0.2) is 4.98 Å². The van der Waals surface area contributed by atoms with Crippen LogP contribution in [0.3, 0.4) is 0 Å². The van der Waals surface area contributed by atoms with Crippen LogP contribution in [-0.2, 0) is 0 Å². The normalized spacial score (nSPS) is 15.1. The van der Waals surface area contributed by atoms with Crippen LogP contribution in [0.2, 0.25) is 0 Å². The van der Waals surface area contributed by atoms with Gasteiger partial charge in [0.1, 0.15) is 17.4 Å². The molecule has 0 fully saturated rings. The van der Waals surface area contributed by atoms with E-state index in [1.807, 2.05) is 54.6 Å². The Bertz CT molecular complexity index is 1390. The second kappa shape index (κ2) is 9.35. The molecule has 1 aliphatic heterocycles. The largest absolute Gasteiger partial charge is 0.496 e. The Labute approximate surface area is 199 Å². The molecular formula is C28H27N5O. The first-order valence-electron chi connectivity index (χ1n) is 11.4. The first-order valence-corrected chi connectivity index (χ1v) is 11.4. The summed E-state index contributed by atoms with van der Waals surface area (Å²) in [6.07, 6.45) is 3.07. The molecule has 0 radical (unpaired) electrons. The highest BCUT2D eigenvalue weighted by Crippen LogP contribution is 2.33. The van der Waals surface area contributed by atoms with Gasteiger partial charge in [0.15, 0.2) is 0 Å². The molecule has 6 heteroatoms. The molecule has 0 amide bonds. The van der Waals surface area contributed by atoms with E-state index in [0.717, 1.165) is 51.5 Å². The minimum Gasteiger partial charge on any atom is -0.496 e. The van der Waals surface area contributed by atoms with E-state index in [2.05, 4.69) is 48.8 Å². The minimum absolute atomic E-state index is 0.226. The molecule has 170 valence electrons. The van der Waals surface area contributed by atoms with Crippen molar-refractivity contribution in [3.8, 4) is 16.9 Å². The van der Waals surface area contributed by atoms with Crippen molar-refractivity contribution >= 4 is 34.2 Å². The summed E-state index contributed by atoms with van der Waals surface area (Å²) in [5, 5.41) is 7.75. The average molecular weight is 450 g/mol. The van der Waals surface area contributed by atoms with Gasteiger partial charge in [0.05, 0.1) is 18.7 Å². The second-order valence-corrected chi connectivity index (χ2v) is 8.27. The highest BCUT2D eigenvalue weighted by molar-refractivity contribution is 6.09. The first-order chi connectivity index (χ1) is 16.6. The van der Waals surface area contributed by atoms with Gasteiger partial charge in [0.25, 0.3) is 0 Å². The fourth-order valence-electron chi connectivity index (χ4n) is 4.21. The molecule has 0 saturated heterocycles. The summed E-state index contributed by atoms with van der Waals surface area (Å²) >= 11 is 0. The van der Waals surface area contributed by atoms with Gasteiger partial charge >= 0.3 is 0 Å². The van der Waals surface area contributed by atoms with Crippen molar-refractivity contribution in [2.45, 2.75) is 26.3 Å². The van der Waals surface area contributed by atoms with E-state index >= 15 is 0 Å². The third kappa shape index (κ3) is 4.35. The van der Waals surface area contributed by atoms with Crippen molar-refractivity contribution in [2.75, 3.05) is 17.7 Å². The number of methoxy groups -OCH3 is 1. The molecule has 1 atom stereocenters. The van der Waals surface area contributed by atoms with Crippen LogP contribution in [0.1, 0.15) is 20.3 Å². The van der Waals surface area contributed by atoms with Crippen molar-refractivity contribution in [1.29, 1.82) is 0 Å². The maximum Gasteiger partial charge on any atom is 0.229 e. The number of anilines is 3. The van der Waals surface area contributed by atoms with Crippen LogP contribution in [0.25, 0.3) is 22.0 Å². The Kier molecular flexibility index (Phi) is 5.95. The number of aromatic nitrogens is 2. The second-order valence-electron chi connectivity index (χ2n) is 8.27. The van der Waals surface area contributed by atoms with Crippen molar-refractivity contribution in [3.63, 3.8) is 0 Å². The third-order valence-corrected chi connectivity index (χ3v) is 5.96. The minimum atomic E-state index is 0.226. The molecule has 4 aromatic rings. The number of rotatable bonds is 6. The Hall–Kier alpha value is -4.19. The van der Waals surface area contributed by atoms with Crippen LogP contribution in [0.15, 0.2) is 89.4 Å². The van der Waals surface area contributed by atoms with E-state index in [4.69, 9.17) is 19.7 Å². The van der Waals surface area contributed by atoms with Crippen LogP contribution >= 0.6 is 0 Å². The summed E-state index contributed by atoms with van der Waals surface area (Å²) in [6, 6.07) is 24.4. The number of hydrogen-bond acceptors (Lipinski definition) is 6. The van der Waals surface area contributed by atoms with E-state index in [0.29, 0.717) is 5.95 Å². The highest BCUT2D eigenvalue weighted by atomic mass is 16.5. The van der Waals surface area contributed by atoms with Crippen molar-refractivity contribution < 1.29 is 4.74 Å². The molecule has 5 rings (SSSR count). The fourth-order valence-corrected chi connectivity index (χ4v) is 4.21. The molecule has 6 nitrogen and oxygen atoms in total. The zero-order valence-electron chi connectivity index (χ0n) is 19.5. The first kappa shape index (κ1) is 21.6. The molecular weight excluding hydrogens is 422 g/mol. The van der Waals surface area contributed by atoms with E-state index in [9.17, 15) is 0 Å². The topological polar surface area (TPSA) is 71.4 Å². The number of aliphatic imine (C=N–C) groups is 1. The van der Waals surface area contributed by atoms with Crippen LogP contribution in [0.4, 0.5) is 17.5 Å². The van der Waals surface area contributed by atoms with Crippen molar-refractivity contribution in [1.82, 2.24) is 9.97 Å². The van der Waals surface area contributed by atoms with Gasteiger partial charge in [-0.2, -0.15) is 4.98 Å². The predicted molar refractivity (Wildman–Crippen MR) is 140 cm³/mol. The third-order valence-electron chi connectivity index (χ3n) is 5.96. The summed E-state index contributed by atoms with van der Waals surface area (Å²) < 4.78 is 5.59. The molecule has 1 aromatic heterocycles. The maximum absolute atomic E-state index is 5.59. The molecule has 0 aliphatic carbocycles. The molecule has 34 heavy (non-hydrogen) atoms. The number of para-hydroxylation sites is 1. The molecule has 2 N–H and O–H groups in total. The van der Waals surface area contributed by atoms with Gasteiger partial charge in [-0.15, -0.1) is 0 Å². The highest BCUT2D eigenvalue weighted by Gasteiger charge is 2.17. The molecule has 3 aromatic carbocycles. The number of ether oxygens (including phenoxy) is 1. The Morgan fingerprint density at radius 3 is 2.47 bits per heavy atom. The lowest BCUT2D eigenvalue weighted by molar-refractivity contribution is 0.416. The van der Waals surface area contributed by atoms with Gasteiger partial charge < -0.3 is 15.4 Å². The monoisotopic (exact) mass is 449 g/mol. The zero-order valence-corrected chi connectivity index (χ0v) is 19.5. The van der Waals surface area contributed by atoms with Gasteiger partial charge in [0, 0.05) is 16.6 Å². The Balaban J connectivity index is 1.51. The van der Waals surface area contributed by atoms with E-state index in [-0.39, 0.29) is 6.04 Å². The number of nitrogens with zero attached hydrogens (tertiary/aromatic N) is 3. The molecule has 1 unspecified atom stereocenters. The maximum atomic E-state index is 5.59. The van der Waals surface area contributed by atoms with Crippen LogP contribution in [-0.4, -0.2) is 29.0 Å². The van der Waals surface area contributed by atoms with E-state index < -0.39 is 0 Å². The van der Waals surface area contributed by atoms with Gasteiger partial charge in [-0.05, 0) is 60.9 Å². The van der Waals surface area contributed by atoms with Gasteiger partial charge in [0.2, 0.25) is 5.95 Å². The van der Waals surface area contributed by atoms with E-state index in [1.165, 1.54) is 5.57 Å². The molecule has 0 bridgehead atoms. The Morgan fingerprint density at radius 1 is 0.912 bits per heavy atom. The molecule has 1 aliphatic rings. The predicted octanol–water partition coefficient (Wildman–Crippen LogP) is 6.60. The smallest absolute Gasteiger partial charge is 0.229 e. The lowest BCUT2D eigenvalue weighted by atomic mass is 10.0. The average Bonchev–Trinajstić information content (AvgIpc) is 3.23. The summed E-state index contributed by atoms with van der Waals surface area (Å²) in [5.41, 5.74) is 5.07. The van der Waals surface area contributed by atoms with Gasteiger partial charge in [-0.3, -0.25) is 4.99 Å². The molecule has 0 spiro atoms. The van der Waals surface area contributed by atoms with E-state index in [1.54, 1.807) is 7.11 Å². The lowest BCUT2D eigenvalue weighted by Gasteiger charge is -2.14. The van der Waals surface area contributed by atoms with Crippen LogP contribution in [0.5, 0.6) is 5.75 Å². The number of benzene rings is 3. The zero-order chi connectivity index (χ0) is 23.5. The Morgan fingerprint density at radius 2 is 1.71 bits per heavy atom. The SMILES string of the molecule is CCC1N=C(Nc2nc(Nc3ccc(OC)c(-c4ccccc4)c3)nc3ccccc23)C=C1C. The number of fused-ring (bicyclic) bond motifs is 1.